The summed E-state index contributed by atoms with van der Waals surface area (Å²) in [6.07, 6.45) is 0.201. The van der Waals surface area contributed by atoms with Gasteiger partial charge in [-0.1, -0.05) is 48.5 Å². The van der Waals surface area contributed by atoms with E-state index in [0.717, 1.165) is 22.4 Å². The van der Waals surface area contributed by atoms with E-state index in [4.69, 9.17) is 14.2 Å². The quantitative estimate of drug-likeness (QED) is 0.626. The molecule has 150 valence electrons. The summed E-state index contributed by atoms with van der Waals surface area (Å²) in [5.41, 5.74) is 2.78. The van der Waals surface area contributed by atoms with Crippen LogP contribution >= 0.6 is 0 Å². The number of carbonyl (C=O) groups excluding carboxylic acids is 1. The van der Waals surface area contributed by atoms with Crippen molar-refractivity contribution in [2.75, 3.05) is 21.3 Å². The van der Waals surface area contributed by atoms with Crippen LogP contribution in [0.15, 0.2) is 72.8 Å². The summed E-state index contributed by atoms with van der Waals surface area (Å²) in [6, 6.07) is 22.8. The van der Waals surface area contributed by atoms with Crippen molar-refractivity contribution < 1.29 is 19.0 Å². The molecule has 29 heavy (non-hydrogen) atoms. The molecular formula is C24H25NO4. The molecule has 3 aromatic carbocycles. The van der Waals surface area contributed by atoms with Crippen LogP contribution in [0.25, 0.3) is 0 Å². The highest BCUT2D eigenvalue weighted by molar-refractivity contribution is 5.80. The predicted octanol–water partition coefficient (Wildman–Crippen LogP) is 4.16. The van der Waals surface area contributed by atoms with Gasteiger partial charge >= 0.3 is 0 Å². The number of carbonyl (C=O) groups is 1. The molecule has 1 N–H and O–H groups in total. The van der Waals surface area contributed by atoms with Gasteiger partial charge in [0, 0.05) is 11.6 Å². The first-order chi connectivity index (χ1) is 14.1. The van der Waals surface area contributed by atoms with E-state index < -0.39 is 0 Å². The van der Waals surface area contributed by atoms with Gasteiger partial charge in [0.2, 0.25) is 5.91 Å². The molecule has 0 aromatic heterocycles. The van der Waals surface area contributed by atoms with E-state index in [-0.39, 0.29) is 18.4 Å². The normalized spacial score (nSPS) is 11.4. The number of methoxy groups -OCH3 is 3. The Morgan fingerprint density at radius 1 is 0.793 bits per heavy atom. The van der Waals surface area contributed by atoms with Crippen molar-refractivity contribution in [3.05, 3.63) is 89.5 Å². The Morgan fingerprint density at radius 2 is 1.41 bits per heavy atom. The Kier molecular flexibility index (Phi) is 6.74. The lowest BCUT2D eigenvalue weighted by Crippen LogP contribution is -2.30. The minimum Gasteiger partial charge on any atom is -0.497 e. The maximum Gasteiger partial charge on any atom is 0.225 e. The Bertz CT molecular complexity index is 939. The average Bonchev–Trinajstić information content (AvgIpc) is 2.78. The lowest BCUT2D eigenvalue weighted by atomic mass is 9.98. The van der Waals surface area contributed by atoms with Gasteiger partial charge < -0.3 is 19.5 Å². The molecule has 3 rings (SSSR count). The first-order valence-electron chi connectivity index (χ1n) is 9.33. The van der Waals surface area contributed by atoms with Gasteiger partial charge in [-0.2, -0.15) is 0 Å². The van der Waals surface area contributed by atoms with Crippen LogP contribution in [0.4, 0.5) is 0 Å². The second-order valence-electron chi connectivity index (χ2n) is 6.54. The summed E-state index contributed by atoms with van der Waals surface area (Å²) in [6.45, 7) is 0. The molecule has 0 saturated carbocycles. The molecule has 0 aliphatic carbocycles. The number of amides is 1. The number of nitrogens with one attached hydrogen (secondary N) is 1. The van der Waals surface area contributed by atoms with E-state index >= 15 is 0 Å². The molecule has 0 heterocycles. The number of ether oxygens (including phenoxy) is 3. The average molecular weight is 391 g/mol. The number of rotatable bonds is 8. The van der Waals surface area contributed by atoms with E-state index in [0.29, 0.717) is 11.5 Å². The summed E-state index contributed by atoms with van der Waals surface area (Å²) in [5.74, 6) is 1.99. The third-order valence-electron chi connectivity index (χ3n) is 4.73. The second kappa shape index (κ2) is 9.64. The molecule has 0 saturated heterocycles. The van der Waals surface area contributed by atoms with E-state index in [9.17, 15) is 4.79 Å². The van der Waals surface area contributed by atoms with Gasteiger partial charge in [-0.3, -0.25) is 4.79 Å². The lowest BCUT2D eigenvalue weighted by molar-refractivity contribution is -0.121. The van der Waals surface area contributed by atoms with Gasteiger partial charge in [0.25, 0.3) is 0 Å². The first-order valence-corrected chi connectivity index (χ1v) is 9.33. The molecule has 0 radical (unpaired) electrons. The number of hydrogen-bond donors (Lipinski definition) is 1. The van der Waals surface area contributed by atoms with Crippen LogP contribution in [0, 0.1) is 0 Å². The molecule has 1 amide bonds. The van der Waals surface area contributed by atoms with Gasteiger partial charge in [-0.15, -0.1) is 0 Å². The molecule has 1 unspecified atom stereocenters. The van der Waals surface area contributed by atoms with E-state index in [2.05, 4.69) is 5.32 Å². The first kappa shape index (κ1) is 20.3. The van der Waals surface area contributed by atoms with Crippen molar-refractivity contribution in [1.29, 1.82) is 0 Å². The number of benzene rings is 3. The summed E-state index contributed by atoms with van der Waals surface area (Å²) in [4.78, 5) is 12.9. The van der Waals surface area contributed by atoms with Crippen LogP contribution in [0.3, 0.4) is 0 Å². The predicted molar refractivity (Wildman–Crippen MR) is 113 cm³/mol. The van der Waals surface area contributed by atoms with Crippen LogP contribution < -0.4 is 19.5 Å². The molecule has 0 bridgehead atoms. The highest BCUT2D eigenvalue weighted by Gasteiger charge is 2.18. The van der Waals surface area contributed by atoms with Crippen LogP contribution in [-0.2, 0) is 11.2 Å². The Morgan fingerprint density at radius 3 is 2.03 bits per heavy atom. The maximum absolute atomic E-state index is 12.9. The number of hydrogen-bond acceptors (Lipinski definition) is 4. The van der Waals surface area contributed by atoms with Crippen molar-refractivity contribution in [3.8, 4) is 17.2 Å². The van der Waals surface area contributed by atoms with Crippen molar-refractivity contribution in [2.24, 2.45) is 0 Å². The molecule has 0 fully saturated rings. The molecular weight excluding hydrogens is 366 g/mol. The van der Waals surface area contributed by atoms with Crippen molar-refractivity contribution >= 4 is 5.91 Å². The fraction of sp³-hybridized carbons (Fsp3) is 0.208. The Hall–Kier alpha value is -3.47. The van der Waals surface area contributed by atoms with Gasteiger partial charge in [-0.05, 0) is 29.3 Å². The Labute approximate surface area is 171 Å². The molecule has 5 heteroatoms. The fourth-order valence-corrected chi connectivity index (χ4v) is 3.18. The zero-order valence-electron chi connectivity index (χ0n) is 16.8. The monoisotopic (exact) mass is 391 g/mol. The topological polar surface area (TPSA) is 56.8 Å². The molecule has 5 nitrogen and oxygen atoms in total. The third kappa shape index (κ3) is 5.08. The standard InChI is InChI=1S/C24H25NO4/c1-27-20-12-9-18(10-13-20)24(17-7-5-4-6-8-17)25-23(26)15-19-11-14-21(28-2)16-22(19)29-3/h4-14,16,24H,15H2,1-3H3,(H,25,26). The highest BCUT2D eigenvalue weighted by atomic mass is 16.5. The van der Waals surface area contributed by atoms with Crippen LogP contribution in [0.5, 0.6) is 17.2 Å². The SMILES string of the molecule is COc1ccc(C(NC(=O)Cc2ccc(OC)cc2OC)c2ccccc2)cc1. The minimum absolute atomic E-state index is 0.0989. The zero-order chi connectivity index (χ0) is 20.6. The van der Waals surface area contributed by atoms with Crippen LogP contribution in [0.1, 0.15) is 22.7 Å². The van der Waals surface area contributed by atoms with Gasteiger partial charge in [-0.25, -0.2) is 0 Å². The largest absolute Gasteiger partial charge is 0.497 e. The summed E-state index contributed by atoms with van der Waals surface area (Å²) in [7, 11) is 4.81. The summed E-state index contributed by atoms with van der Waals surface area (Å²) in [5, 5.41) is 3.15. The zero-order valence-corrected chi connectivity index (χ0v) is 16.8. The van der Waals surface area contributed by atoms with E-state index in [1.54, 1.807) is 27.4 Å². The molecule has 0 aliphatic rings. The maximum atomic E-state index is 12.9. The van der Waals surface area contributed by atoms with Crippen molar-refractivity contribution in [2.45, 2.75) is 12.5 Å². The van der Waals surface area contributed by atoms with Gasteiger partial charge in [0.05, 0.1) is 33.8 Å². The molecule has 3 aromatic rings. The van der Waals surface area contributed by atoms with Crippen LogP contribution in [0.2, 0.25) is 0 Å². The smallest absolute Gasteiger partial charge is 0.225 e. The summed E-state index contributed by atoms with van der Waals surface area (Å²) < 4.78 is 15.9. The fourth-order valence-electron chi connectivity index (χ4n) is 3.18. The van der Waals surface area contributed by atoms with Crippen molar-refractivity contribution in [1.82, 2.24) is 5.32 Å². The molecule has 0 spiro atoms. The van der Waals surface area contributed by atoms with Gasteiger partial charge in [0.15, 0.2) is 0 Å². The van der Waals surface area contributed by atoms with E-state index in [1.807, 2.05) is 66.7 Å². The van der Waals surface area contributed by atoms with Crippen LogP contribution in [-0.4, -0.2) is 27.2 Å². The van der Waals surface area contributed by atoms with Gasteiger partial charge in [0.1, 0.15) is 17.2 Å². The minimum atomic E-state index is -0.265. The summed E-state index contributed by atoms with van der Waals surface area (Å²) >= 11 is 0. The molecule has 0 aliphatic heterocycles. The Balaban J connectivity index is 1.83. The van der Waals surface area contributed by atoms with E-state index in [1.165, 1.54) is 0 Å². The second-order valence-corrected chi connectivity index (χ2v) is 6.54. The third-order valence-corrected chi connectivity index (χ3v) is 4.73. The lowest BCUT2D eigenvalue weighted by Gasteiger charge is -2.20. The molecule has 1 atom stereocenters. The van der Waals surface area contributed by atoms with Crippen molar-refractivity contribution in [3.63, 3.8) is 0 Å². The highest BCUT2D eigenvalue weighted by Crippen LogP contribution is 2.27.